The molecular weight excluding hydrogens is 847 g/mol. The van der Waals surface area contributed by atoms with Gasteiger partial charge >= 0.3 is 6.09 Å². The molecule has 1 aliphatic heterocycles. The zero-order valence-electron chi connectivity index (χ0n) is 38.3. The minimum absolute atomic E-state index is 0.217. The quantitative estimate of drug-likeness (QED) is 0.110. The average molecular weight is 900 g/mol. The minimum Gasteiger partial charge on any atom is -0.444 e. The van der Waals surface area contributed by atoms with Gasteiger partial charge in [-0.05, 0) is 94.6 Å². The van der Waals surface area contributed by atoms with Gasteiger partial charge in [0.05, 0.1) is 6.54 Å². The summed E-state index contributed by atoms with van der Waals surface area (Å²) in [5.41, 5.74) is 7.60. The molecule has 0 saturated heterocycles. The Balaban J connectivity index is 1.02. The molecule has 8 aromatic rings. The van der Waals surface area contributed by atoms with Crippen molar-refractivity contribution >= 4 is 23.6 Å². The van der Waals surface area contributed by atoms with E-state index in [1.165, 1.54) is 0 Å². The van der Waals surface area contributed by atoms with Crippen LogP contribution >= 0.6 is 0 Å². The van der Waals surface area contributed by atoms with E-state index in [4.69, 9.17) is 15.0 Å². The Morgan fingerprint density at radius 2 is 1.21 bits per heavy atom. The molecule has 7 aromatic carbocycles. The zero-order valence-corrected chi connectivity index (χ0v) is 38.3. The zero-order chi connectivity index (χ0) is 47.1. The highest BCUT2D eigenvalue weighted by Gasteiger charge is 2.42. The summed E-state index contributed by atoms with van der Waals surface area (Å²) in [5, 5.41) is 19.7. The van der Waals surface area contributed by atoms with Gasteiger partial charge in [0.1, 0.15) is 23.2 Å². The molecular formula is C57H53N7O4. The predicted octanol–water partition coefficient (Wildman–Crippen LogP) is 9.95. The summed E-state index contributed by atoms with van der Waals surface area (Å²) in [6, 6.07) is 62.8. The Labute approximate surface area is 396 Å². The normalized spacial score (nSPS) is 14.3. The first kappa shape index (κ1) is 45.0. The molecule has 11 heteroatoms. The van der Waals surface area contributed by atoms with Gasteiger partial charge in [0.2, 0.25) is 11.8 Å². The van der Waals surface area contributed by atoms with Gasteiger partial charge in [-0.15, -0.1) is 5.10 Å². The molecule has 1 aliphatic rings. The van der Waals surface area contributed by atoms with Crippen LogP contribution in [0.4, 0.5) is 10.5 Å². The Morgan fingerprint density at radius 1 is 0.662 bits per heavy atom. The largest absolute Gasteiger partial charge is 0.444 e. The van der Waals surface area contributed by atoms with Crippen molar-refractivity contribution in [3.63, 3.8) is 0 Å². The number of anilines is 1. The van der Waals surface area contributed by atoms with Gasteiger partial charge in [-0.2, -0.15) is 0 Å². The van der Waals surface area contributed by atoms with E-state index in [0.717, 1.165) is 55.8 Å². The van der Waals surface area contributed by atoms with Crippen LogP contribution in [0.3, 0.4) is 0 Å². The summed E-state index contributed by atoms with van der Waals surface area (Å²) >= 11 is 0. The number of carbonyl (C=O) groups excluding carboxylic acids is 3. The van der Waals surface area contributed by atoms with Crippen LogP contribution in [0.15, 0.2) is 194 Å². The molecule has 0 unspecified atom stereocenters. The number of alkyl carbamates (subject to hydrolysis) is 1. The summed E-state index contributed by atoms with van der Waals surface area (Å²) in [6.45, 7) is 5.56. The SMILES string of the molecule is CC(C)(C)OC(=O)N[C@H](Cc1ccccc1)C(=O)N[C@@H]1CCc2ccccc2N(Cc2ccc(-c3ccccc3-c3nnnn3C(c3ccccc3)(c3ccccc3)c3ccccc3)cc2)C1=O. The van der Waals surface area contributed by atoms with Crippen LogP contribution < -0.4 is 15.5 Å². The number of carbonyl (C=O) groups is 3. The Hall–Kier alpha value is -8.18. The molecule has 2 heterocycles. The van der Waals surface area contributed by atoms with E-state index >= 15 is 0 Å². The number of amides is 3. The van der Waals surface area contributed by atoms with Crippen molar-refractivity contribution in [2.45, 2.75) is 69.8 Å². The molecule has 0 spiro atoms. The molecule has 2 atom stereocenters. The lowest BCUT2D eigenvalue weighted by atomic mass is 9.77. The number of hydrogen-bond acceptors (Lipinski definition) is 7. The van der Waals surface area contributed by atoms with E-state index in [-0.39, 0.29) is 18.9 Å². The van der Waals surface area contributed by atoms with E-state index in [1.54, 1.807) is 25.7 Å². The Bertz CT molecular complexity index is 2890. The van der Waals surface area contributed by atoms with Gasteiger partial charge in [-0.1, -0.05) is 188 Å². The fraction of sp³-hybridized carbons (Fsp3) is 0.193. The smallest absolute Gasteiger partial charge is 0.408 e. The van der Waals surface area contributed by atoms with Crippen LogP contribution in [0.2, 0.25) is 0 Å². The summed E-state index contributed by atoms with van der Waals surface area (Å²) in [4.78, 5) is 43.6. The number of rotatable bonds is 13. The van der Waals surface area contributed by atoms with Crippen molar-refractivity contribution in [2.24, 2.45) is 0 Å². The van der Waals surface area contributed by atoms with E-state index < -0.39 is 35.2 Å². The Kier molecular flexibility index (Phi) is 13.1. The first-order chi connectivity index (χ1) is 33.1. The van der Waals surface area contributed by atoms with E-state index in [1.807, 2.05) is 144 Å². The number of tetrazole rings is 1. The van der Waals surface area contributed by atoms with Crippen molar-refractivity contribution in [3.8, 4) is 22.5 Å². The second-order valence-electron chi connectivity index (χ2n) is 18.0. The summed E-state index contributed by atoms with van der Waals surface area (Å²) in [5.74, 6) is -0.112. The maximum absolute atomic E-state index is 14.7. The third-order valence-corrected chi connectivity index (χ3v) is 12.3. The fourth-order valence-corrected chi connectivity index (χ4v) is 9.18. The molecule has 0 radical (unpaired) electrons. The Morgan fingerprint density at radius 3 is 1.81 bits per heavy atom. The molecule has 340 valence electrons. The number of benzene rings is 7. The highest BCUT2D eigenvalue weighted by molar-refractivity contribution is 6.01. The maximum atomic E-state index is 14.7. The number of aryl methyl sites for hydroxylation is 1. The molecule has 2 N–H and O–H groups in total. The second kappa shape index (κ2) is 19.7. The van der Waals surface area contributed by atoms with Crippen LogP contribution in [-0.4, -0.2) is 55.8 Å². The number of hydrogen-bond donors (Lipinski definition) is 2. The molecule has 0 bridgehead atoms. The number of fused-ring (bicyclic) bond motifs is 1. The van der Waals surface area contributed by atoms with Crippen LogP contribution in [0.25, 0.3) is 22.5 Å². The van der Waals surface area contributed by atoms with Crippen LogP contribution in [0.5, 0.6) is 0 Å². The van der Waals surface area contributed by atoms with E-state index in [2.05, 4.69) is 70.4 Å². The van der Waals surface area contributed by atoms with Gasteiger partial charge in [-0.25, -0.2) is 9.48 Å². The molecule has 68 heavy (non-hydrogen) atoms. The van der Waals surface area contributed by atoms with Crippen LogP contribution in [-0.2, 0) is 39.3 Å². The van der Waals surface area contributed by atoms with Crippen molar-refractivity contribution in [2.75, 3.05) is 4.90 Å². The van der Waals surface area contributed by atoms with Gasteiger partial charge in [0.25, 0.3) is 0 Å². The van der Waals surface area contributed by atoms with Crippen molar-refractivity contribution in [3.05, 3.63) is 228 Å². The number of para-hydroxylation sites is 1. The first-order valence-corrected chi connectivity index (χ1v) is 23.0. The first-order valence-electron chi connectivity index (χ1n) is 23.0. The van der Waals surface area contributed by atoms with Crippen molar-refractivity contribution in [1.29, 1.82) is 0 Å². The lowest BCUT2D eigenvalue weighted by Crippen LogP contribution is -2.55. The number of nitrogens with one attached hydrogen (secondary N) is 2. The lowest BCUT2D eigenvalue weighted by molar-refractivity contribution is -0.128. The molecule has 1 aromatic heterocycles. The molecule has 3 amide bonds. The number of aromatic nitrogens is 4. The highest BCUT2D eigenvalue weighted by Crippen LogP contribution is 2.43. The summed E-state index contributed by atoms with van der Waals surface area (Å²) in [7, 11) is 0. The van der Waals surface area contributed by atoms with Gasteiger partial charge in [0.15, 0.2) is 5.82 Å². The van der Waals surface area contributed by atoms with Crippen LogP contribution in [0, 0.1) is 0 Å². The molecule has 0 fully saturated rings. The van der Waals surface area contributed by atoms with Crippen LogP contribution in [0.1, 0.15) is 60.6 Å². The van der Waals surface area contributed by atoms with Gasteiger partial charge < -0.3 is 20.3 Å². The lowest BCUT2D eigenvalue weighted by Gasteiger charge is -2.36. The third-order valence-electron chi connectivity index (χ3n) is 12.3. The highest BCUT2D eigenvalue weighted by atomic mass is 16.6. The maximum Gasteiger partial charge on any atom is 0.408 e. The third kappa shape index (κ3) is 9.55. The molecule has 0 aliphatic carbocycles. The summed E-state index contributed by atoms with van der Waals surface area (Å²) in [6.07, 6.45) is 0.466. The predicted molar refractivity (Wildman–Crippen MR) is 264 cm³/mol. The summed E-state index contributed by atoms with van der Waals surface area (Å²) < 4.78 is 7.47. The number of nitrogens with zero attached hydrogens (tertiary/aromatic N) is 5. The molecule has 11 nitrogen and oxygen atoms in total. The van der Waals surface area contributed by atoms with Crippen molar-refractivity contribution in [1.82, 2.24) is 30.8 Å². The number of ether oxygens (including phenoxy) is 1. The fourth-order valence-electron chi connectivity index (χ4n) is 9.18. The topological polar surface area (TPSA) is 131 Å². The molecule has 0 saturated carbocycles. The molecule has 9 rings (SSSR count). The second-order valence-corrected chi connectivity index (χ2v) is 18.0. The van der Waals surface area contributed by atoms with Crippen molar-refractivity contribution < 1.29 is 19.1 Å². The standard InChI is InChI=1S/C57H53N7O4/c1-56(2,3)68-55(67)59-50(38-40-20-8-4-9-21-40)53(65)58-49-37-36-43-22-16-19-31-51(43)63(54(49)66)39-41-32-34-42(35-33-41)47-29-17-18-30-48(47)52-60-61-62-64(52)57(44-23-10-5-11-24-44,45-25-12-6-13-26-45)46-27-14-7-15-28-46/h4-35,49-50H,36-39H2,1-3H3,(H,58,65)(H,59,67)/t49-,50-/m1/s1. The van der Waals surface area contributed by atoms with Gasteiger partial charge in [-0.3, -0.25) is 9.59 Å². The average Bonchev–Trinajstić information content (AvgIpc) is 3.81. The van der Waals surface area contributed by atoms with Gasteiger partial charge in [0, 0.05) is 17.7 Å². The van der Waals surface area contributed by atoms with E-state index in [9.17, 15) is 14.4 Å². The minimum atomic E-state index is -0.981. The van der Waals surface area contributed by atoms with E-state index in [0.29, 0.717) is 18.7 Å². The monoisotopic (exact) mass is 899 g/mol.